The van der Waals surface area contributed by atoms with Crippen LogP contribution in [-0.4, -0.2) is 69.7 Å². The highest BCUT2D eigenvalue weighted by Gasteiger charge is 2.53. The minimum atomic E-state index is -1.25. The molecule has 4 bridgehead atoms. The molecule has 2 heterocycles. The van der Waals surface area contributed by atoms with E-state index in [-0.39, 0.29) is 90.3 Å². The lowest BCUT2D eigenvalue weighted by atomic mass is 9.51. The molecule has 9 rings (SSSR count). The van der Waals surface area contributed by atoms with Crippen LogP contribution in [0.15, 0.2) is 72.3 Å². The lowest BCUT2D eigenvalue weighted by Gasteiger charge is -2.54. The van der Waals surface area contributed by atoms with Crippen molar-refractivity contribution in [3.05, 3.63) is 100 Å². The van der Waals surface area contributed by atoms with Gasteiger partial charge in [-0.25, -0.2) is 0 Å². The van der Waals surface area contributed by atoms with Gasteiger partial charge in [0, 0.05) is 42.2 Å². The second-order valence-corrected chi connectivity index (χ2v) is 16.8. The van der Waals surface area contributed by atoms with E-state index in [2.05, 4.69) is 35.0 Å². The first-order valence-corrected chi connectivity index (χ1v) is 20.4. The highest BCUT2D eigenvalue weighted by atomic mass is 16.6. The van der Waals surface area contributed by atoms with Crippen LogP contribution < -0.4 is 9.47 Å². The Morgan fingerprint density at radius 3 is 2.52 bits per heavy atom. The second-order valence-electron chi connectivity index (χ2n) is 16.8. The number of rotatable bonds is 5. The Morgan fingerprint density at radius 1 is 0.897 bits per heavy atom. The molecule has 9 unspecified atom stereocenters. The molecule has 5 aliphatic rings. The SMILES string of the molecule is COc1cc(CC(O)C2CC(=O)CC3c4cc(OC)c(O)cc4C(=C4C=CC5CC4C3C3CCC(O)CC53)c3[nH]c4ccccc4c3CC#CCC(=O)O2)ccc1O. The van der Waals surface area contributed by atoms with Gasteiger partial charge in [-0.2, -0.15) is 0 Å². The highest BCUT2D eigenvalue weighted by Crippen LogP contribution is 2.62. The molecule has 10 nitrogen and oxygen atoms in total. The molecule has 5 N–H and O–H groups in total. The molecule has 58 heavy (non-hydrogen) atoms. The van der Waals surface area contributed by atoms with Crippen LogP contribution in [0.1, 0.15) is 78.8 Å². The largest absolute Gasteiger partial charge is 0.504 e. The number of Topliss-reactive ketones (excluding diaryl/α,β-unsaturated/α-hetero) is 1. The number of hydrogen-bond donors (Lipinski definition) is 5. The van der Waals surface area contributed by atoms with Crippen LogP contribution in [0.4, 0.5) is 0 Å². The quantitative estimate of drug-likeness (QED) is 0.107. The maximum Gasteiger partial charge on any atom is 0.318 e. The van der Waals surface area contributed by atoms with Gasteiger partial charge in [0.1, 0.15) is 18.3 Å². The minimum Gasteiger partial charge on any atom is -0.504 e. The number of fused-ring (bicyclic) bond motifs is 9. The monoisotopic (exact) mass is 783 g/mol. The van der Waals surface area contributed by atoms with Crippen molar-refractivity contribution in [1.82, 2.24) is 4.98 Å². The summed E-state index contributed by atoms with van der Waals surface area (Å²) in [6.07, 6.45) is 4.96. The maximum absolute atomic E-state index is 14.7. The lowest BCUT2D eigenvalue weighted by molar-refractivity contribution is -0.155. The predicted octanol–water partition coefficient (Wildman–Crippen LogP) is 6.91. The smallest absolute Gasteiger partial charge is 0.318 e. The number of aromatic amines is 1. The van der Waals surface area contributed by atoms with E-state index in [1.165, 1.54) is 20.3 Å². The number of benzene rings is 3. The number of aromatic nitrogens is 1. The van der Waals surface area contributed by atoms with Crippen LogP contribution in [0.2, 0.25) is 0 Å². The Hall–Kier alpha value is -5.50. The van der Waals surface area contributed by atoms with Crippen molar-refractivity contribution in [2.24, 2.45) is 29.6 Å². The Labute approximate surface area is 337 Å². The molecule has 3 aromatic carbocycles. The van der Waals surface area contributed by atoms with Crippen molar-refractivity contribution < 1.29 is 44.2 Å². The number of aliphatic hydroxyl groups is 2. The van der Waals surface area contributed by atoms with Gasteiger partial charge in [0.25, 0.3) is 0 Å². The number of carbonyl (C=O) groups excluding carboxylic acids is 2. The summed E-state index contributed by atoms with van der Waals surface area (Å²) >= 11 is 0. The lowest BCUT2D eigenvalue weighted by Crippen LogP contribution is -2.47. The van der Waals surface area contributed by atoms with E-state index in [1.807, 2.05) is 24.3 Å². The summed E-state index contributed by atoms with van der Waals surface area (Å²) in [7, 11) is 2.97. The Morgan fingerprint density at radius 2 is 1.69 bits per heavy atom. The number of hydrogen-bond acceptors (Lipinski definition) is 9. The molecular weight excluding hydrogens is 735 g/mol. The van der Waals surface area contributed by atoms with Crippen LogP contribution in [0.5, 0.6) is 23.0 Å². The summed E-state index contributed by atoms with van der Waals surface area (Å²) in [6.45, 7) is 0. The number of allylic oxidation sites excluding steroid dienone is 3. The molecule has 0 amide bonds. The van der Waals surface area contributed by atoms with Gasteiger partial charge in [0.2, 0.25) is 0 Å². The highest BCUT2D eigenvalue weighted by molar-refractivity contribution is 5.96. The number of ether oxygens (including phenoxy) is 3. The second kappa shape index (κ2) is 15.3. The Bertz CT molecular complexity index is 2410. The molecule has 10 heteroatoms. The number of aliphatic hydroxyl groups excluding tert-OH is 2. The van der Waals surface area contributed by atoms with Gasteiger partial charge >= 0.3 is 5.97 Å². The van der Waals surface area contributed by atoms with Crippen molar-refractivity contribution in [3.63, 3.8) is 0 Å². The van der Waals surface area contributed by atoms with Crippen molar-refractivity contribution >= 4 is 28.2 Å². The number of nitrogens with one attached hydrogen (secondary N) is 1. The number of esters is 1. The number of para-hydroxylation sites is 1. The van der Waals surface area contributed by atoms with Crippen molar-refractivity contribution in [3.8, 4) is 34.8 Å². The molecule has 1 aromatic heterocycles. The summed E-state index contributed by atoms with van der Waals surface area (Å²) in [5.41, 5.74) is 7.30. The number of methoxy groups -OCH3 is 2. The van der Waals surface area contributed by atoms with E-state index < -0.39 is 18.2 Å². The van der Waals surface area contributed by atoms with Gasteiger partial charge in [-0.3, -0.25) is 9.59 Å². The molecule has 2 fully saturated rings. The molecule has 2 saturated carbocycles. The van der Waals surface area contributed by atoms with Crippen LogP contribution >= 0.6 is 0 Å². The average molecular weight is 784 g/mol. The predicted molar refractivity (Wildman–Crippen MR) is 217 cm³/mol. The zero-order valence-electron chi connectivity index (χ0n) is 32.7. The molecule has 0 saturated heterocycles. The van der Waals surface area contributed by atoms with Gasteiger partial charge in [0.15, 0.2) is 23.0 Å². The van der Waals surface area contributed by atoms with Crippen LogP contribution in [0, 0.1) is 41.4 Å². The van der Waals surface area contributed by atoms with Crippen LogP contribution in [-0.2, 0) is 27.2 Å². The molecule has 9 atom stereocenters. The summed E-state index contributed by atoms with van der Waals surface area (Å²) in [5.74, 6) is 6.47. The van der Waals surface area contributed by atoms with Crippen molar-refractivity contribution in [1.29, 1.82) is 0 Å². The molecule has 0 spiro atoms. The first-order chi connectivity index (χ1) is 28.1. The van der Waals surface area contributed by atoms with Gasteiger partial charge in [0.05, 0.1) is 32.1 Å². The molecule has 300 valence electrons. The number of carbonyl (C=O) groups is 2. The molecule has 0 radical (unpaired) electrons. The maximum atomic E-state index is 14.7. The fourth-order valence-corrected chi connectivity index (χ4v) is 11.1. The molecule has 4 aromatic rings. The van der Waals surface area contributed by atoms with E-state index in [1.54, 1.807) is 18.2 Å². The summed E-state index contributed by atoms with van der Waals surface area (Å²) in [5, 5.41) is 45.4. The fourth-order valence-electron chi connectivity index (χ4n) is 11.1. The number of phenols is 2. The fraction of sp³-hybridized carbons (Fsp3) is 0.417. The van der Waals surface area contributed by atoms with Crippen molar-refractivity contribution in [2.45, 2.75) is 82.0 Å². The topological polar surface area (TPSA) is 159 Å². The number of H-pyrrole nitrogens is 1. The number of ketones is 1. The first-order valence-electron chi connectivity index (χ1n) is 20.4. The van der Waals surface area contributed by atoms with Gasteiger partial charge in [-0.1, -0.05) is 48.3 Å². The third kappa shape index (κ3) is 6.74. The summed E-state index contributed by atoms with van der Waals surface area (Å²) in [6, 6.07) is 16.5. The zero-order valence-corrected chi connectivity index (χ0v) is 32.7. The first kappa shape index (κ1) is 38.0. The zero-order chi connectivity index (χ0) is 40.2. The third-order valence-corrected chi connectivity index (χ3v) is 13.6. The van der Waals surface area contributed by atoms with E-state index >= 15 is 0 Å². The Balaban J connectivity index is 1.23. The number of phenolic OH excluding ortho intramolecular Hbond substituents is 2. The van der Waals surface area contributed by atoms with E-state index in [0.29, 0.717) is 30.6 Å². The summed E-state index contributed by atoms with van der Waals surface area (Å²) in [4.78, 5) is 31.9. The normalized spacial score (nSPS) is 28.3. The average Bonchev–Trinajstić information content (AvgIpc) is 3.52. The van der Waals surface area contributed by atoms with Crippen LogP contribution in [0.3, 0.4) is 0 Å². The van der Waals surface area contributed by atoms with Crippen LogP contribution in [0.25, 0.3) is 16.5 Å². The molecule has 4 aliphatic carbocycles. The number of cyclic esters (lactones) is 1. The van der Waals surface area contributed by atoms with Gasteiger partial charge in [-0.15, -0.1) is 0 Å². The van der Waals surface area contributed by atoms with Gasteiger partial charge < -0.3 is 39.6 Å². The van der Waals surface area contributed by atoms with E-state index in [4.69, 9.17) is 14.2 Å². The Kier molecular flexibility index (Phi) is 10.1. The van der Waals surface area contributed by atoms with Crippen molar-refractivity contribution in [2.75, 3.05) is 14.2 Å². The van der Waals surface area contributed by atoms with Gasteiger partial charge in [-0.05, 0) is 119 Å². The van der Waals surface area contributed by atoms with E-state index in [9.17, 15) is 30.0 Å². The third-order valence-electron chi connectivity index (χ3n) is 13.6. The summed E-state index contributed by atoms with van der Waals surface area (Å²) < 4.78 is 17.0. The standard InChI is InChI=1S/C48H49NO9/c1-56-42-18-25(11-16-39(42)52)17-40(53)44-22-28(51)21-36-34-24-43(57-2)41(54)23-37(34)47(31-14-12-26-19-35(31)46(36)30-15-13-27(50)20-33(26)30)48-32(8-4-6-10-45(55)58-44)29-7-3-5-9-38(29)49-48/h3,5,7,9,11-12,14,16,18,23-24,26-27,30,33,35-36,40,44,46,49-50,52-54H,8,10,13,15,17,19-22H2,1-2H3. The van der Waals surface area contributed by atoms with E-state index in [0.717, 1.165) is 57.3 Å². The molecule has 1 aliphatic heterocycles. The molecular formula is C48H49NO9. The minimum absolute atomic E-state index is 0.00144. The number of aromatic hydroxyl groups is 2.